The highest BCUT2D eigenvalue weighted by atomic mass is 32.2. The second-order valence-corrected chi connectivity index (χ2v) is 8.07. The van der Waals surface area contributed by atoms with E-state index in [1.54, 1.807) is 23.1 Å². The first-order chi connectivity index (χ1) is 10.2. The van der Waals surface area contributed by atoms with Crippen molar-refractivity contribution in [2.24, 2.45) is 5.41 Å². The first-order valence-electron chi connectivity index (χ1n) is 7.08. The summed E-state index contributed by atoms with van der Waals surface area (Å²) in [6, 6.07) is 10.3. The fourth-order valence-corrected chi connectivity index (χ4v) is 5.70. The van der Waals surface area contributed by atoms with Crippen molar-refractivity contribution < 1.29 is 9.59 Å². The SMILES string of the molecule is O=C1C[C@]2(CCSC2)C(=O)N1Cc1cc2ccccc2s1. The highest BCUT2D eigenvalue weighted by molar-refractivity contribution is 7.99. The number of carbonyl (C=O) groups excluding carboxylic acids is 2. The van der Waals surface area contributed by atoms with Gasteiger partial charge in [-0.1, -0.05) is 18.2 Å². The first kappa shape index (κ1) is 13.3. The molecule has 2 aliphatic rings. The number of thiophene rings is 1. The maximum absolute atomic E-state index is 12.7. The highest BCUT2D eigenvalue weighted by Gasteiger charge is 2.52. The number of nitrogens with zero attached hydrogens (tertiary/aromatic N) is 1. The average molecular weight is 317 g/mol. The van der Waals surface area contributed by atoms with Gasteiger partial charge in [-0.2, -0.15) is 11.8 Å². The molecule has 0 radical (unpaired) electrons. The molecule has 2 amide bonds. The molecular formula is C16H15NO2S2. The Morgan fingerprint density at radius 3 is 2.86 bits per heavy atom. The van der Waals surface area contributed by atoms with Crippen molar-refractivity contribution in [3.63, 3.8) is 0 Å². The van der Waals surface area contributed by atoms with E-state index >= 15 is 0 Å². The number of thioether (sulfide) groups is 1. The van der Waals surface area contributed by atoms with Gasteiger partial charge in [0.1, 0.15) is 0 Å². The number of likely N-dealkylation sites (tertiary alicyclic amines) is 1. The Balaban J connectivity index is 1.61. The van der Waals surface area contributed by atoms with Crippen LogP contribution in [0.1, 0.15) is 17.7 Å². The van der Waals surface area contributed by atoms with E-state index in [0.29, 0.717) is 13.0 Å². The molecule has 1 aromatic heterocycles. The Morgan fingerprint density at radius 1 is 1.24 bits per heavy atom. The lowest BCUT2D eigenvalue weighted by molar-refractivity contribution is -0.141. The lowest BCUT2D eigenvalue weighted by Gasteiger charge is -2.19. The Hall–Kier alpha value is -1.33. The molecule has 2 aromatic rings. The van der Waals surface area contributed by atoms with Crippen LogP contribution in [-0.2, 0) is 16.1 Å². The van der Waals surface area contributed by atoms with Gasteiger partial charge in [-0.15, -0.1) is 11.3 Å². The van der Waals surface area contributed by atoms with Crippen molar-refractivity contribution in [2.45, 2.75) is 19.4 Å². The topological polar surface area (TPSA) is 37.4 Å². The quantitative estimate of drug-likeness (QED) is 0.798. The van der Waals surface area contributed by atoms with Crippen LogP contribution >= 0.6 is 23.1 Å². The van der Waals surface area contributed by atoms with Crippen LogP contribution in [0.25, 0.3) is 10.1 Å². The van der Waals surface area contributed by atoms with Gasteiger partial charge < -0.3 is 0 Å². The van der Waals surface area contributed by atoms with E-state index < -0.39 is 5.41 Å². The molecule has 5 heteroatoms. The Labute approximate surface area is 131 Å². The summed E-state index contributed by atoms with van der Waals surface area (Å²) >= 11 is 3.46. The van der Waals surface area contributed by atoms with Crippen LogP contribution in [-0.4, -0.2) is 28.2 Å². The number of carbonyl (C=O) groups is 2. The zero-order valence-electron chi connectivity index (χ0n) is 11.5. The maximum atomic E-state index is 12.7. The molecule has 0 saturated carbocycles. The molecule has 0 unspecified atom stereocenters. The fraction of sp³-hybridized carbons (Fsp3) is 0.375. The summed E-state index contributed by atoms with van der Waals surface area (Å²) in [7, 11) is 0. The fourth-order valence-electron chi connectivity index (χ4n) is 3.21. The molecular weight excluding hydrogens is 302 g/mol. The van der Waals surface area contributed by atoms with Gasteiger partial charge >= 0.3 is 0 Å². The predicted molar refractivity (Wildman–Crippen MR) is 86.4 cm³/mol. The zero-order chi connectivity index (χ0) is 14.4. The monoisotopic (exact) mass is 317 g/mol. The average Bonchev–Trinajstić information content (AvgIpc) is 3.14. The van der Waals surface area contributed by atoms with Crippen molar-refractivity contribution in [2.75, 3.05) is 11.5 Å². The van der Waals surface area contributed by atoms with Crippen molar-refractivity contribution in [1.29, 1.82) is 0 Å². The van der Waals surface area contributed by atoms with Crippen molar-refractivity contribution in [3.8, 4) is 0 Å². The molecule has 21 heavy (non-hydrogen) atoms. The molecule has 3 heterocycles. The molecule has 2 saturated heterocycles. The summed E-state index contributed by atoms with van der Waals surface area (Å²) in [5, 5.41) is 1.18. The highest BCUT2D eigenvalue weighted by Crippen LogP contribution is 2.45. The Bertz CT molecular complexity index is 698. The molecule has 2 fully saturated rings. The van der Waals surface area contributed by atoms with Gasteiger partial charge in [-0.05, 0) is 29.7 Å². The minimum absolute atomic E-state index is 0.0000406. The van der Waals surface area contributed by atoms with Gasteiger partial charge in [0, 0.05) is 21.8 Å². The summed E-state index contributed by atoms with van der Waals surface area (Å²) in [4.78, 5) is 27.5. The number of hydrogen-bond donors (Lipinski definition) is 0. The Morgan fingerprint density at radius 2 is 2.10 bits per heavy atom. The van der Waals surface area contributed by atoms with Gasteiger partial charge in [0.15, 0.2) is 0 Å². The summed E-state index contributed by atoms with van der Waals surface area (Å²) in [5.41, 5.74) is -0.390. The van der Waals surface area contributed by atoms with E-state index in [9.17, 15) is 9.59 Å². The lowest BCUT2D eigenvalue weighted by atomic mass is 9.86. The number of amides is 2. The summed E-state index contributed by atoms with van der Waals surface area (Å²) in [6.07, 6.45) is 1.26. The predicted octanol–water partition coefficient (Wildman–Crippen LogP) is 3.28. The molecule has 3 nitrogen and oxygen atoms in total. The minimum Gasteiger partial charge on any atom is -0.277 e. The number of fused-ring (bicyclic) bond motifs is 1. The van der Waals surface area contributed by atoms with E-state index in [2.05, 4.69) is 18.2 Å². The van der Waals surface area contributed by atoms with E-state index in [1.165, 1.54) is 15.0 Å². The third-order valence-corrected chi connectivity index (χ3v) is 6.73. The second-order valence-electron chi connectivity index (χ2n) is 5.80. The molecule has 108 valence electrons. The van der Waals surface area contributed by atoms with Crippen LogP contribution in [0.5, 0.6) is 0 Å². The Kier molecular flexibility index (Phi) is 3.08. The van der Waals surface area contributed by atoms with Crippen LogP contribution < -0.4 is 0 Å². The number of imide groups is 1. The largest absolute Gasteiger partial charge is 0.277 e. The summed E-state index contributed by atoms with van der Waals surface area (Å²) in [5.74, 6) is 1.85. The molecule has 1 atom stereocenters. The van der Waals surface area contributed by atoms with Gasteiger partial charge in [-0.25, -0.2) is 0 Å². The first-order valence-corrected chi connectivity index (χ1v) is 9.05. The van der Waals surface area contributed by atoms with E-state index in [-0.39, 0.29) is 11.8 Å². The number of hydrogen-bond acceptors (Lipinski definition) is 4. The summed E-state index contributed by atoms with van der Waals surface area (Å²) in [6.45, 7) is 0.434. The minimum atomic E-state index is -0.390. The van der Waals surface area contributed by atoms with Crippen LogP contribution in [0.2, 0.25) is 0 Å². The normalized spacial score (nSPS) is 25.6. The molecule has 4 rings (SSSR count). The molecule has 2 aliphatic heterocycles. The van der Waals surface area contributed by atoms with Crippen molar-refractivity contribution in [1.82, 2.24) is 4.90 Å². The molecule has 1 aromatic carbocycles. The second kappa shape index (κ2) is 4.85. The standard InChI is InChI=1S/C16H15NO2S2/c18-14-8-16(5-6-20-10-16)15(19)17(14)9-12-7-11-3-1-2-4-13(11)21-12/h1-4,7H,5-6,8-10H2/t16-/m0/s1. The van der Waals surface area contributed by atoms with E-state index in [4.69, 9.17) is 0 Å². The van der Waals surface area contributed by atoms with Crippen LogP contribution in [0.15, 0.2) is 30.3 Å². The number of rotatable bonds is 2. The van der Waals surface area contributed by atoms with Crippen LogP contribution in [0.3, 0.4) is 0 Å². The van der Waals surface area contributed by atoms with Crippen LogP contribution in [0.4, 0.5) is 0 Å². The van der Waals surface area contributed by atoms with Gasteiger partial charge in [0.2, 0.25) is 11.8 Å². The molecule has 0 bridgehead atoms. The lowest BCUT2D eigenvalue weighted by Crippen LogP contribution is -2.35. The van der Waals surface area contributed by atoms with E-state index in [1.807, 2.05) is 12.1 Å². The van der Waals surface area contributed by atoms with Gasteiger partial charge in [-0.3, -0.25) is 14.5 Å². The number of benzene rings is 1. The molecule has 0 N–H and O–H groups in total. The third kappa shape index (κ3) is 2.10. The van der Waals surface area contributed by atoms with Gasteiger partial charge in [0.05, 0.1) is 12.0 Å². The third-order valence-electron chi connectivity index (χ3n) is 4.38. The maximum Gasteiger partial charge on any atom is 0.237 e. The van der Waals surface area contributed by atoms with Crippen molar-refractivity contribution in [3.05, 3.63) is 35.2 Å². The molecule has 1 spiro atoms. The van der Waals surface area contributed by atoms with Crippen LogP contribution in [0, 0.1) is 5.41 Å². The zero-order valence-corrected chi connectivity index (χ0v) is 13.1. The summed E-state index contributed by atoms with van der Waals surface area (Å²) < 4.78 is 1.21. The van der Waals surface area contributed by atoms with Gasteiger partial charge in [0.25, 0.3) is 0 Å². The molecule has 0 aliphatic carbocycles. The van der Waals surface area contributed by atoms with E-state index in [0.717, 1.165) is 22.8 Å². The smallest absolute Gasteiger partial charge is 0.237 e. The van der Waals surface area contributed by atoms with Crippen molar-refractivity contribution >= 4 is 45.0 Å².